The van der Waals surface area contributed by atoms with E-state index < -0.39 is 0 Å². The number of amides is 1. The van der Waals surface area contributed by atoms with Crippen LogP contribution in [0.2, 0.25) is 0 Å². The van der Waals surface area contributed by atoms with Gasteiger partial charge in [0.05, 0.1) is 6.54 Å². The predicted molar refractivity (Wildman–Crippen MR) is 79.4 cm³/mol. The van der Waals surface area contributed by atoms with E-state index in [1.807, 2.05) is 11.0 Å². The lowest BCUT2D eigenvalue weighted by Gasteiger charge is -2.31. The smallest absolute Gasteiger partial charge is 0.241 e. The summed E-state index contributed by atoms with van der Waals surface area (Å²) in [5.74, 6) is 0.854. The van der Waals surface area contributed by atoms with Crippen molar-refractivity contribution in [2.45, 2.75) is 33.6 Å². The molecule has 1 aromatic rings. The number of hydrogen-bond acceptors (Lipinski definition) is 2. The fourth-order valence-corrected chi connectivity index (χ4v) is 2.79. The van der Waals surface area contributed by atoms with Gasteiger partial charge in [0, 0.05) is 18.8 Å². The number of aryl methyl sites for hydroxylation is 2. The highest BCUT2D eigenvalue weighted by Crippen LogP contribution is 2.20. The van der Waals surface area contributed by atoms with Crippen molar-refractivity contribution in [1.29, 1.82) is 0 Å². The van der Waals surface area contributed by atoms with Gasteiger partial charge in [0.15, 0.2) is 0 Å². The van der Waals surface area contributed by atoms with Gasteiger partial charge in [-0.25, -0.2) is 0 Å². The highest BCUT2D eigenvalue weighted by molar-refractivity contribution is 5.81. The molecule has 1 fully saturated rings. The summed E-state index contributed by atoms with van der Waals surface area (Å²) in [5, 5.41) is 3.30. The normalized spacial score (nSPS) is 19.3. The molecule has 0 radical (unpaired) electrons. The SMILES string of the molecule is Cc1cccc(C)c1NCC(=O)N1CCCC(C)C1. The summed E-state index contributed by atoms with van der Waals surface area (Å²) in [4.78, 5) is 14.2. The Hall–Kier alpha value is -1.51. The van der Waals surface area contributed by atoms with Crippen LogP contribution in [-0.4, -0.2) is 30.4 Å². The number of rotatable bonds is 3. The number of piperidine rings is 1. The van der Waals surface area contributed by atoms with Gasteiger partial charge in [0.1, 0.15) is 0 Å². The predicted octanol–water partition coefficient (Wildman–Crippen LogP) is 2.97. The first-order valence-electron chi connectivity index (χ1n) is 7.16. The van der Waals surface area contributed by atoms with Crippen LogP contribution in [0.5, 0.6) is 0 Å². The van der Waals surface area contributed by atoms with Crippen LogP contribution in [0.25, 0.3) is 0 Å². The molecule has 2 rings (SSSR count). The number of carbonyl (C=O) groups excluding carboxylic acids is 1. The molecule has 104 valence electrons. The molecule has 1 aliphatic heterocycles. The van der Waals surface area contributed by atoms with Gasteiger partial charge in [0.2, 0.25) is 5.91 Å². The van der Waals surface area contributed by atoms with Crippen LogP contribution in [0, 0.1) is 19.8 Å². The Morgan fingerprint density at radius 3 is 2.68 bits per heavy atom. The first-order valence-corrected chi connectivity index (χ1v) is 7.16. The third-order valence-corrected chi connectivity index (χ3v) is 3.91. The van der Waals surface area contributed by atoms with Crippen molar-refractivity contribution in [1.82, 2.24) is 4.90 Å². The van der Waals surface area contributed by atoms with Crippen LogP contribution in [0.15, 0.2) is 18.2 Å². The van der Waals surface area contributed by atoms with Gasteiger partial charge < -0.3 is 10.2 Å². The zero-order valence-corrected chi connectivity index (χ0v) is 12.2. The molecule has 0 aromatic heterocycles. The lowest BCUT2D eigenvalue weighted by Crippen LogP contribution is -2.42. The maximum absolute atomic E-state index is 12.2. The Kier molecular flexibility index (Phi) is 4.46. The van der Waals surface area contributed by atoms with Crippen LogP contribution < -0.4 is 5.32 Å². The second-order valence-corrected chi connectivity index (χ2v) is 5.71. The monoisotopic (exact) mass is 260 g/mol. The van der Waals surface area contributed by atoms with Gasteiger partial charge in [0.25, 0.3) is 0 Å². The van der Waals surface area contributed by atoms with Crippen molar-refractivity contribution in [2.24, 2.45) is 5.92 Å². The highest BCUT2D eigenvalue weighted by Gasteiger charge is 2.20. The average Bonchev–Trinajstić information content (AvgIpc) is 2.38. The van der Waals surface area contributed by atoms with Gasteiger partial charge in [-0.3, -0.25) is 4.79 Å². The lowest BCUT2D eigenvalue weighted by atomic mass is 10.0. The van der Waals surface area contributed by atoms with E-state index in [-0.39, 0.29) is 5.91 Å². The maximum Gasteiger partial charge on any atom is 0.241 e. The van der Waals surface area contributed by atoms with Crippen molar-refractivity contribution in [3.8, 4) is 0 Å². The number of likely N-dealkylation sites (tertiary alicyclic amines) is 1. The van der Waals surface area contributed by atoms with E-state index in [9.17, 15) is 4.79 Å². The molecule has 19 heavy (non-hydrogen) atoms. The van der Waals surface area contributed by atoms with Crippen LogP contribution in [0.3, 0.4) is 0 Å². The fourth-order valence-electron chi connectivity index (χ4n) is 2.79. The molecule has 0 saturated carbocycles. The summed E-state index contributed by atoms with van der Waals surface area (Å²) < 4.78 is 0. The standard InChI is InChI=1S/C16H24N2O/c1-12-6-5-9-18(11-12)15(19)10-17-16-13(2)7-4-8-14(16)3/h4,7-8,12,17H,5-6,9-11H2,1-3H3. The minimum Gasteiger partial charge on any atom is -0.376 e. The zero-order chi connectivity index (χ0) is 13.8. The van der Waals surface area contributed by atoms with Gasteiger partial charge in [-0.15, -0.1) is 0 Å². The molecule has 1 amide bonds. The van der Waals surface area contributed by atoms with Crippen LogP contribution in [-0.2, 0) is 4.79 Å². The topological polar surface area (TPSA) is 32.3 Å². The summed E-state index contributed by atoms with van der Waals surface area (Å²) in [6, 6.07) is 6.19. The minimum absolute atomic E-state index is 0.217. The lowest BCUT2D eigenvalue weighted by molar-refractivity contribution is -0.130. The summed E-state index contributed by atoms with van der Waals surface area (Å²) in [6.07, 6.45) is 2.38. The molecule has 1 aromatic carbocycles. The first-order chi connectivity index (χ1) is 9.08. The van der Waals surface area contributed by atoms with Crippen LogP contribution >= 0.6 is 0 Å². The number of carbonyl (C=O) groups is 1. The van der Waals surface area contributed by atoms with Crippen molar-refractivity contribution in [3.05, 3.63) is 29.3 Å². The van der Waals surface area contributed by atoms with E-state index in [0.717, 1.165) is 25.2 Å². The molecule has 0 spiro atoms. The minimum atomic E-state index is 0.217. The van der Waals surface area contributed by atoms with Crippen molar-refractivity contribution >= 4 is 11.6 Å². The summed E-state index contributed by atoms with van der Waals surface area (Å²) >= 11 is 0. The molecule has 1 unspecified atom stereocenters. The summed E-state index contributed by atoms with van der Waals surface area (Å²) in [7, 11) is 0. The first kappa shape index (κ1) is 13.9. The largest absolute Gasteiger partial charge is 0.376 e. The number of nitrogens with one attached hydrogen (secondary N) is 1. The van der Waals surface area contributed by atoms with Crippen molar-refractivity contribution < 1.29 is 4.79 Å². The third-order valence-electron chi connectivity index (χ3n) is 3.91. The van der Waals surface area contributed by atoms with Gasteiger partial charge in [-0.1, -0.05) is 25.1 Å². The molecule has 1 aliphatic rings. The molecular formula is C16H24N2O. The fraction of sp³-hybridized carbons (Fsp3) is 0.562. The van der Waals surface area contributed by atoms with E-state index >= 15 is 0 Å². The second-order valence-electron chi connectivity index (χ2n) is 5.71. The van der Waals surface area contributed by atoms with Gasteiger partial charge in [-0.2, -0.15) is 0 Å². The number of nitrogens with zero attached hydrogens (tertiary/aromatic N) is 1. The molecule has 1 saturated heterocycles. The van der Waals surface area contributed by atoms with E-state index in [1.54, 1.807) is 0 Å². The van der Waals surface area contributed by atoms with E-state index in [1.165, 1.54) is 17.5 Å². The summed E-state index contributed by atoms with van der Waals surface area (Å²) in [5.41, 5.74) is 3.49. The maximum atomic E-state index is 12.2. The molecule has 3 heteroatoms. The Bertz CT molecular complexity index is 436. The number of benzene rings is 1. The van der Waals surface area contributed by atoms with Crippen LogP contribution in [0.4, 0.5) is 5.69 Å². The zero-order valence-electron chi connectivity index (χ0n) is 12.2. The Morgan fingerprint density at radius 2 is 2.05 bits per heavy atom. The molecule has 1 N–H and O–H groups in total. The second kappa shape index (κ2) is 6.09. The Balaban J connectivity index is 1.93. The number of anilines is 1. The van der Waals surface area contributed by atoms with Crippen molar-refractivity contribution in [3.63, 3.8) is 0 Å². The third kappa shape index (κ3) is 3.49. The highest BCUT2D eigenvalue weighted by atomic mass is 16.2. The van der Waals surface area contributed by atoms with Crippen LogP contribution in [0.1, 0.15) is 30.9 Å². The Morgan fingerprint density at radius 1 is 1.37 bits per heavy atom. The molecular weight excluding hydrogens is 236 g/mol. The average molecular weight is 260 g/mol. The quantitative estimate of drug-likeness (QED) is 0.906. The number of para-hydroxylation sites is 1. The van der Waals surface area contributed by atoms with E-state index in [4.69, 9.17) is 0 Å². The van der Waals surface area contributed by atoms with Gasteiger partial charge >= 0.3 is 0 Å². The summed E-state index contributed by atoms with van der Waals surface area (Å²) in [6.45, 7) is 8.59. The van der Waals surface area contributed by atoms with Crippen molar-refractivity contribution in [2.75, 3.05) is 25.0 Å². The molecule has 1 heterocycles. The molecule has 0 aliphatic carbocycles. The number of hydrogen-bond donors (Lipinski definition) is 1. The van der Waals surface area contributed by atoms with E-state index in [0.29, 0.717) is 12.5 Å². The van der Waals surface area contributed by atoms with E-state index in [2.05, 4.69) is 38.2 Å². The van der Waals surface area contributed by atoms with Gasteiger partial charge in [-0.05, 0) is 43.7 Å². The molecule has 1 atom stereocenters. The molecule has 3 nitrogen and oxygen atoms in total. The molecule has 0 bridgehead atoms. The Labute approximate surface area is 116 Å².